The molecule has 0 amide bonds. The van der Waals surface area contributed by atoms with E-state index in [-0.39, 0.29) is 6.04 Å². The molecule has 3 heteroatoms. The number of hydrogen-bond acceptors (Lipinski definition) is 1. The van der Waals surface area contributed by atoms with Crippen molar-refractivity contribution >= 4 is 27.5 Å². The van der Waals surface area contributed by atoms with E-state index in [4.69, 9.17) is 11.6 Å². The van der Waals surface area contributed by atoms with Crippen molar-refractivity contribution in [1.29, 1.82) is 0 Å². The molecule has 0 aliphatic carbocycles. The third-order valence-electron chi connectivity index (χ3n) is 3.44. The van der Waals surface area contributed by atoms with Crippen LogP contribution in [0.15, 0.2) is 40.9 Å². The van der Waals surface area contributed by atoms with E-state index in [1.807, 2.05) is 18.2 Å². The molecule has 2 aromatic rings. The summed E-state index contributed by atoms with van der Waals surface area (Å²) in [5, 5.41) is 4.40. The zero-order chi connectivity index (χ0) is 15.4. The lowest BCUT2D eigenvalue weighted by atomic mass is 9.95. The Morgan fingerprint density at radius 1 is 1.10 bits per heavy atom. The third-order valence-corrected chi connectivity index (χ3v) is 4.40. The standard InChI is InChI=1S/C18H21BrClN/c1-4-7-21-18(14-9-12(2)8-13(3)10-14)16-11-15(20)5-6-17(16)19/h5-6,8-11,18,21H,4,7H2,1-3H3. The largest absolute Gasteiger partial charge is 0.306 e. The lowest BCUT2D eigenvalue weighted by Gasteiger charge is -2.22. The van der Waals surface area contributed by atoms with E-state index in [0.717, 1.165) is 22.5 Å². The normalized spacial score (nSPS) is 12.4. The average molecular weight is 367 g/mol. The molecule has 0 aliphatic heterocycles. The van der Waals surface area contributed by atoms with Crippen molar-refractivity contribution in [3.8, 4) is 0 Å². The molecule has 0 saturated carbocycles. The van der Waals surface area contributed by atoms with Crippen molar-refractivity contribution in [2.45, 2.75) is 33.2 Å². The third kappa shape index (κ3) is 4.32. The molecule has 0 aliphatic rings. The second-order valence-electron chi connectivity index (χ2n) is 5.47. The van der Waals surface area contributed by atoms with Crippen molar-refractivity contribution in [1.82, 2.24) is 5.32 Å². The quantitative estimate of drug-likeness (QED) is 0.704. The van der Waals surface area contributed by atoms with Crippen LogP contribution in [0.2, 0.25) is 5.02 Å². The van der Waals surface area contributed by atoms with E-state index in [0.29, 0.717) is 0 Å². The summed E-state index contributed by atoms with van der Waals surface area (Å²) < 4.78 is 1.08. The number of aryl methyl sites for hydroxylation is 2. The van der Waals surface area contributed by atoms with Crippen LogP contribution in [-0.4, -0.2) is 6.54 Å². The van der Waals surface area contributed by atoms with Gasteiger partial charge in [0.05, 0.1) is 6.04 Å². The highest BCUT2D eigenvalue weighted by molar-refractivity contribution is 9.10. The summed E-state index contributed by atoms with van der Waals surface area (Å²) in [6, 6.07) is 12.8. The Hall–Kier alpha value is -0.830. The second-order valence-corrected chi connectivity index (χ2v) is 6.76. The molecular formula is C18H21BrClN. The van der Waals surface area contributed by atoms with Gasteiger partial charge >= 0.3 is 0 Å². The zero-order valence-electron chi connectivity index (χ0n) is 12.7. The van der Waals surface area contributed by atoms with Crippen molar-refractivity contribution in [2.24, 2.45) is 0 Å². The van der Waals surface area contributed by atoms with Crippen LogP contribution < -0.4 is 5.32 Å². The van der Waals surface area contributed by atoms with Crippen LogP contribution in [0.1, 0.15) is 41.6 Å². The maximum absolute atomic E-state index is 6.20. The minimum Gasteiger partial charge on any atom is -0.306 e. The van der Waals surface area contributed by atoms with Gasteiger partial charge in [-0.1, -0.05) is 63.8 Å². The fraction of sp³-hybridized carbons (Fsp3) is 0.333. The molecule has 0 radical (unpaired) electrons. The second kappa shape index (κ2) is 7.44. The summed E-state index contributed by atoms with van der Waals surface area (Å²) in [5.74, 6) is 0. The monoisotopic (exact) mass is 365 g/mol. The molecule has 0 heterocycles. The Labute approximate surface area is 140 Å². The molecular weight excluding hydrogens is 346 g/mol. The molecule has 1 nitrogen and oxygen atoms in total. The number of hydrogen-bond donors (Lipinski definition) is 1. The lowest BCUT2D eigenvalue weighted by molar-refractivity contribution is 0.596. The summed E-state index contributed by atoms with van der Waals surface area (Å²) in [6.45, 7) is 7.43. The van der Waals surface area contributed by atoms with Crippen molar-refractivity contribution < 1.29 is 0 Å². The maximum Gasteiger partial charge on any atom is 0.0588 e. The predicted octanol–water partition coefficient (Wildman–Crippen LogP) is 5.81. The van der Waals surface area contributed by atoms with E-state index in [9.17, 15) is 0 Å². The van der Waals surface area contributed by atoms with Gasteiger partial charge in [-0.2, -0.15) is 0 Å². The molecule has 0 saturated heterocycles. The first kappa shape index (κ1) is 16.5. The summed E-state index contributed by atoms with van der Waals surface area (Å²) in [4.78, 5) is 0. The van der Waals surface area contributed by atoms with Gasteiger partial charge in [-0.3, -0.25) is 0 Å². The van der Waals surface area contributed by atoms with Gasteiger partial charge in [-0.25, -0.2) is 0 Å². The van der Waals surface area contributed by atoms with Crippen LogP contribution in [0.25, 0.3) is 0 Å². The minimum absolute atomic E-state index is 0.150. The molecule has 21 heavy (non-hydrogen) atoms. The molecule has 1 N–H and O–H groups in total. The lowest BCUT2D eigenvalue weighted by Crippen LogP contribution is -2.23. The Balaban J connectivity index is 2.49. The van der Waals surface area contributed by atoms with Gasteiger partial charge in [-0.15, -0.1) is 0 Å². The Morgan fingerprint density at radius 2 is 1.76 bits per heavy atom. The first-order valence-corrected chi connectivity index (χ1v) is 8.45. The van der Waals surface area contributed by atoms with Crippen LogP contribution >= 0.6 is 27.5 Å². The summed E-state index contributed by atoms with van der Waals surface area (Å²) in [7, 11) is 0. The first-order chi connectivity index (χ1) is 10.0. The van der Waals surface area contributed by atoms with E-state index < -0.39 is 0 Å². The van der Waals surface area contributed by atoms with Gasteiger partial charge in [0, 0.05) is 9.50 Å². The molecule has 0 bridgehead atoms. The highest BCUT2D eigenvalue weighted by atomic mass is 79.9. The Kier molecular flexibility index (Phi) is 5.86. The predicted molar refractivity (Wildman–Crippen MR) is 95.2 cm³/mol. The molecule has 1 unspecified atom stereocenters. The van der Waals surface area contributed by atoms with Crippen LogP contribution in [0.5, 0.6) is 0 Å². The van der Waals surface area contributed by atoms with Gasteiger partial charge in [0.25, 0.3) is 0 Å². The molecule has 2 aromatic carbocycles. The van der Waals surface area contributed by atoms with E-state index >= 15 is 0 Å². The van der Waals surface area contributed by atoms with Crippen LogP contribution in [-0.2, 0) is 0 Å². The summed E-state index contributed by atoms with van der Waals surface area (Å²) in [6.07, 6.45) is 1.10. The zero-order valence-corrected chi connectivity index (χ0v) is 15.1. The number of rotatable bonds is 5. The topological polar surface area (TPSA) is 12.0 Å². The highest BCUT2D eigenvalue weighted by Gasteiger charge is 2.17. The highest BCUT2D eigenvalue weighted by Crippen LogP contribution is 2.31. The molecule has 0 aromatic heterocycles. The SMILES string of the molecule is CCCNC(c1cc(C)cc(C)c1)c1cc(Cl)ccc1Br. The molecule has 0 spiro atoms. The van der Waals surface area contributed by atoms with Crippen molar-refractivity contribution in [3.05, 3.63) is 68.1 Å². The summed E-state index contributed by atoms with van der Waals surface area (Å²) >= 11 is 9.86. The fourth-order valence-corrected chi connectivity index (χ4v) is 3.26. The number of halogens is 2. The van der Waals surface area contributed by atoms with Crippen molar-refractivity contribution in [3.63, 3.8) is 0 Å². The fourth-order valence-electron chi connectivity index (χ4n) is 2.61. The number of benzene rings is 2. The minimum atomic E-state index is 0.150. The number of nitrogens with one attached hydrogen (secondary N) is 1. The smallest absolute Gasteiger partial charge is 0.0588 e. The molecule has 2 rings (SSSR count). The Morgan fingerprint density at radius 3 is 2.38 bits per heavy atom. The maximum atomic E-state index is 6.20. The van der Waals surface area contributed by atoms with Gasteiger partial charge in [0.15, 0.2) is 0 Å². The average Bonchev–Trinajstić information content (AvgIpc) is 2.42. The Bertz CT molecular complexity index is 604. The first-order valence-electron chi connectivity index (χ1n) is 7.27. The summed E-state index contributed by atoms with van der Waals surface area (Å²) in [5.41, 5.74) is 5.03. The van der Waals surface area contributed by atoms with Gasteiger partial charge in [0.1, 0.15) is 0 Å². The molecule has 0 fully saturated rings. The molecule has 112 valence electrons. The van der Waals surface area contributed by atoms with E-state index in [1.165, 1.54) is 22.3 Å². The van der Waals surface area contributed by atoms with Gasteiger partial charge < -0.3 is 5.32 Å². The van der Waals surface area contributed by atoms with Crippen LogP contribution in [0.3, 0.4) is 0 Å². The molecule has 1 atom stereocenters. The van der Waals surface area contributed by atoms with Gasteiger partial charge in [0.2, 0.25) is 0 Å². The van der Waals surface area contributed by atoms with E-state index in [2.05, 4.69) is 60.2 Å². The van der Waals surface area contributed by atoms with Crippen LogP contribution in [0.4, 0.5) is 0 Å². The van der Waals surface area contributed by atoms with Crippen molar-refractivity contribution in [2.75, 3.05) is 6.54 Å². The van der Waals surface area contributed by atoms with Crippen LogP contribution in [0, 0.1) is 13.8 Å². The van der Waals surface area contributed by atoms with E-state index in [1.54, 1.807) is 0 Å². The van der Waals surface area contributed by atoms with Gasteiger partial charge in [-0.05, 0) is 56.1 Å².